The number of methoxy groups -OCH3 is 2. The Morgan fingerprint density at radius 2 is 1.62 bits per heavy atom. The van der Waals surface area contributed by atoms with Crippen molar-refractivity contribution in [3.05, 3.63) is 36.8 Å². The van der Waals surface area contributed by atoms with Gasteiger partial charge in [0.2, 0.25) is 5.88 Å². The highest BCUT2D eigenvalue weighted by Gasteiger charge is 2.11. The summed E-state index contributed by atoms with van der Waals surface area (Å²) in [6.45, 7) is 0. The Kier molecular flexibility index (Phi) is 3.35. The second-order valence-corrected chi connectivity index (χ2v) is 4.49. The molecule has 0 saturated heterocycles. The Hall–Kier alpha value is -2.76. The zero-order valence-corrected chi connectivity index (χ0v) is 12.0. The molecule has 0 saturated carbocycles. The molecular weight excluding hydrogens is 270 g/mol. The summed E-state index contributed by atoms with van der Waals surface area (Å²) in [6.07, 6.45) is 3.40. The molecule has 0 N–H and O–H groups in total. The third-order valence-corrected chi connectivity index (χ3v) is 3.17. The van der Waals surface area contributed by atoms with E-state index in [2.05, 4.69) is 9.97 Å². The summed E-state index contributed by atoms with van der Waals surface area (Å²) >= 11 is 0. The molecule has 0 atom stereocenters. The highest BCUT2D eigenvalue weighted by atomic mass is 16.5. The number of hydrogen-bond acceptors (Lipinski definition) is 5. The minimum absolute atomic E-state index is 0.489. The van der Waals surface area contributed by atoms with Crippen LogP contribution in [0.3, 0.4) is 0 Å². The highest BCUT2D eigenvalue weighted by Crippen LogP contribution is 2.32. The van der Waals surface area contributed by atoms with Crippen LogP contribution in [0.5, 0.6) is 23.1 Å². The van der Waals surface area contributed by atoms with Gasteiger partial charge in [0.1, 0.15) is 29.1 Å². The van der Waals surface area contributed by atoms with Crippen molar-refractivity contribution in [2.45, 2.75) is 0 Å². The fourth-order valence-corrected chi connectivity index (χ4v) is 2.11. The Morgan fingerprint density at radius 1 is 0.952 bits per heavy atom. The van der Waals surface area contributed by atoms with Gasteiger partial charge in [-0.2, -0.15) is 4.98 Å². The zero-order valence-electron chi connectivity index (χ0n) is 12.0. The summed E-state index contributed by atoms with van der Waals surface area (Å²) < 4.78 is 18.3. The first-order chi connectivity index (χ1) is 10.2. The molecule has 0 spiro atoms. The second-order valence-electron chi connectivity index (χ2n) is 4.49. The van der Waals surface area contributed by atoms with Crippen LogP contribution in [0.15, 0.2) is 36.8 Å². The van der Waals surface area contributed by atoms with E-state index in [9.17, 15) is 0 Å². The van der Waals surface area contributed by atoms with Crippen LogP contribution >= 0.6 is 0 Å². The fourth-order valence-electron chi connectivity index (χ4n) is 2.11. The number of ether oxygens (including phenoxy) is 3. The molecule has 0 amide bonds. The smallest absolute Gasteiger partial charge is 0.247 e. The molecule has 0 radical (unpaired) electrons. The van der Waals surface area contributed by atoms with Crippen molar-refractivity contribution in [1.29, 1.82) is 0 Å². The predicted octanol–water partition coefficient (Wildman–Crippen LogP) is 2.78. The van der Waals surface area contributed by atoms with Crippen molar-refractivity contribution in [3.8, 4) is 23.1 Å². The van der Waals surface area contributed by atoms with Crippen molar-refractivity contribution in [2.75, 3.05) is 14.2 Å². The van der Waals surface area contributed by atoms with E-state index in [0.717, 1.165) is 11.0 Å². The van der Waals surface area contributed by atoms with Gasteiger partial charge < -0.3 is 18.8 Å². The van der Waals surface area contributed by atoms with Gasteiger partial charge in [0.05, 0.1) is 19.7 Å². The zero-order chi connectivity index (χ0) is 14.8. The van der Waals surface area contributed by atoms with E-state index in [-0.39, 0.29) is 0 Å². The SMILES string of the molecule is COc1cc(OC)cc(Oc2ncnc3ccn(C)c23)c1. The highest BCUT2D eigenvalue weighted by molar-refractivity contribution is 5.80. The maximum absolute atomic E-state index is 5.88. The van der Waals surface area contributed by atoms with Crippen LogP contribution in [0, 0.1) is 0 Å². The van der Waals surface area contributed by atoms with Gasteiger partial charge in [0.15, 0.2) is 0 Å². The van der Waals surface area contributed by atoms with Crippen LogP contribution in [0.1, 0.15) is 0 Å². The number of aryl methyl sites for hydroxylation is 1. The number of hydrogen-bond donors (Lipinski definition) is 0. The molecule has 3 rings (SSSR count). The minimum atomic E-state index is 0.489. The maximum Gasteiger partial charge on any atom is 0.247 e. The third-order valence-electron chi connectivity index (χ3n) is 3.17. The van der Waals surface area contributed by atoms with Crippen LogP contribution in [-0.2, 0) is 7.05 Å². The molecule has 0 aliphatic carbocycles. The normalized spacial score (nSPS) is 10.6. The molecular formula is C15H15N3O3. The number of benzene rings is 1. The fraction of sp³-hybridized carbons (Fsp3) is 0.200. The van der Waals surface area contributed by atoms with Crippen molar-refractivity contribution in [3.63, 3.8) is 0 Å². The first-order valence-corrected chi connectivity index (χ1v) is 6.38. The molecule has 108 valence electrons. The Balaban J connectivity index is 2.04. The summed E-state index contributed by atoms with van der Waals surface area (Å²) in [5.41, 5.74) is 1.66. The van der Waals surface area contributed by atoms with Crippen molar-refractivity contribution in [1.82, 2.24) is 14.5 Å². The van der Waals surface area contributed by atoms with E-state index >= 15 is 0 Å². The summed E-state index contributed by atoms with van der Waals surface area (Å²) in [4.78, 5) is 8.42. The molecule has 6 nitrogen and oxygen atoms in total. The van der Waals surface area contributed by atoms with Crippen molar-refractivity contribution >= 4 is 11.0 Å². The van der Waals surface area contributed by atoms with Crippen LogP contribution in [0.4, 0.5) is 0 Å². The standard InChI is InChI=1S/C15H15N3O3/c1-18-5-4-13-14(18)15(17-9-16-13)21-12-7-10(19-2)6-11(8-12)20-3/h4-9H,1-3H3. The van der Waals surface area contributed by atoms with Gasteiger partial charge in [-0.3, -0.25) is 0 Å². The topological polar surface area (TPSA) is 58.4 Å². The van der Waals surface area contributed by atoms with Gasteiger partial charge in [-0.1, -0.05) is 0 Å². The number of fused-ring (bicyclic) bond motifs is 1. The summed E-state index contributed by atoms with van der Waals surface area (Å²) in [7, 11) is 5.11. The number of aromatic nitrogens is 3. The van der Waals surface area contributed by atoms with E-state index in [0.29, 0.717) is 23.1 Å². The molecule has 1 aromatic carbocycles. The predicted molar refractivity (Wildman–Crippen MR) is 78.1 cm³/mol. The number of rotatable bonds is 4. The molecule has 21 heavy (non-hydrogen) atoms. The van der Waals surface area contributed by atoms with E-state index in [1.807, 2.05) is 23.9 Å². The van der Waals surface area contributed by atoms with Crippen molar-refractivity contribution < 1.29 is 14.2 Å². The third kappa shape index (κ3) is 2.47. The van der Waals surface area contributed by atoms with Crippen LogP contribution < -0.4 is 14.2 Å². The van der Waals surface area contributed by atoms with E-state index in [1.165, 1.54) is 6.33 Å². The molecule has 0 aliphatic heterocycles. The molecule has 0 unspecified atom stereocenters. The lowest BCUT2D eigenvalue weighted by Crippen LogP contribution is -1.95. The molecule has 2 heterocycles. The Morgan fingerprint density at radius 3 is 2.29 bits per heavy atom. The van der Waals surface area contributed by atoms with Gasteiger partial charge >= 0.3 is 0 Å². The average molecular weight is 285 g/mol. The Bertz CT molecular complexity index is 761. The van der Waals surface area contributed by atoms with Crippen LogP contribution in [-0.4, -0.2) is 28.8 Å². The molecule has 0 fully saturated rings. The van der Waals surface area contributed by atoms with Crippen LogP contribution in [0.2, 0.25) is 0 Å². The van der Waals surface area contributed by atoms with Crippen molar-refractivity contribution in [2.24, 2.45) is 7.05 Å². The first-order valence-electron chi connectivity index (χ1n) is 6.38. The van der Waals surface area contributed by atoms with E-state index in [1.54, 1.807) is 32.4 Å². The summed E-state index contributed by atoms with van der Waals surface area (Å²) in [5.74, 6) is 2.39. The monoisotopic (exact) mass is 285 g/mol. The Labute approximate surface area is 121 Å². The first kappa shape index (κ1) is 13.2. The maximum atomic E-state index is 5.88. The number of nitrogens with zero attached hydrogens (tertiary/aromatic N) is 3. The van der Waals surface area contributed by atoms with Gasteiger partial charge in [-0.05, 0) is 6.07 Å². The van der Waals surface area contributed by atoms with Gasteiger partial charge in [0.25, 0.3) is 0 Å². The van der Waals surface area contributed by atoms with Gasteiger partial charge in [0, 0.05) is 31.4 Å². The second kappa shape index (κ2) is 5.32. The van der Waals surface area contributed by atoms with Gasteiger partial charge in [-0.15, -0.1) is 0 Å². The average Bonchev–Trinajstić information content (AvgIpc) is 2.89. The lowest BCUT2D eigenvalue weighted by Gasteiger charge is -2.10. The molecule has 0 bridgehead atoms. The summed E-state index contributed by atoms with van der Waals surface area (Å²) in [6, 6.07) is 7.25. The lowest BCUT2D eigenvalue weighted by atomic mass is 10.3. The summed E-state index contributed by atoms with van der Waals surface area (Å²) in [5, 5.41) is 0. The quantitative estimate of drug-likeness (QED) is 0.737. The van der Waals surface area contributed by atoms with Gasteiger partial charge in [-0.25, -0.2) is 4.98 Å². The molecule has 0 aliphatic rings. The largest absolute Gasteiger partial charge is 0.496 e. The van der Waals surface area contributed by atoms with E-state index in [4.69, 9.17) is 14.2 Å². The lowest BCUT2D eigenvalue weighted by molar-refractivity contribution is 0.385. The van der Waals surface area contributed by atoms with E-state index < -0.39 is 0 Å². The van der Waals surface area contributed by atoms with Crippen LogP contribution in [0.25, 0.3) is 11.0 Å². The molecule has 3 aromatic rings. The minimum Gasteiger partial charge on any atom is -0.496 e. The molecule has 2 aromatic heterocycles. The molecule has 6 heteroatoms.